The number of aromatic nitrogens is 3. The molecule has 194 valence electrons. The molecule has 11 heteroatoms. The van der Waals surface area contributed by atoms with Crippen LogP contribution < -0.4 is 15.4 Å². The van der Waals surface area contributed by atoms with Gasteiger partial charge in [-0.25, -0.2) is 4.79 Å². The van der Waals surface area contributed by atoms with Crippen LogP contribution in [0.2, 0.25) is 0 Å². The van der Waals surface area contributed by atoms with Gasteiger partial charge in [-0.2, -0.15) is 0 Å². The Bertz CT molecular complexity index is 1240. The molecule has 3 aromatic rings. The summed E-state index contributed by atoms with van der Waals surface area (Å²) in [5.74, 6) is 0.534. The first-order valence-corrected chi connectivity index (χ1v) is 12.6. The van der Waals surface area contributed by atoms with E-state index in [0.717, 1.165) is 0 Å². The number of carbonyl (C=O) groups excluding carboxylic acids is 3. The summed E-state index contributed by atoms with van der Waals surface area (Å²) in [5.41, 5.74) is 1.39. The maximum atomic E-state index is 12.5. The standard InChI is InChI=1S/C26H29N5O5S/c1-4-15-31-22(13-14-27-24(33)18-9-11-21(35-3)12-10-18)29-30-26(31)37-17-23(32)28-20-8-6-7-19(16-20)25(34)36-5-2/h4,6-12,16H,1,5,13-15,17H2,2-3H3,(H,27,33)(H,28,32). The number of hydrogen-bond donors (Lipinski definition) is 2. The number of anilines is 1. The summed E-state index contributed by atoms with van der Waals surface area (Å²) in [4.78, 5) is 36.8. The molecule has 2 aromatic carbocycles. The molecule has 0 unspecified atom stereocenters. The summed E-state index contributed by atoms with van der Waals surface area (Å²) in [6, 6.07) is 13.4. The van der Waals surface area contributed by atoms with Crippen molar-refractivity contribution in [2.45, 2.75) is 25.0 Å². The van der Waals surface area contributed by atoms with Gasteiger partial charge >= 0.3 is 5.97 Å². The molecule has 10 nitrogen and oxygen atoms in total. The number of methoxy groups -OCH3 is 1. The van der Waals surface area contributed by atoms with E-state index in [9.17, 15) is 14.4 Å². The van der Waals surface area contributed by atoms with E-state index in [4.69, 9.17) is 9.47 Å². The molecule has 0 atom stereocenters. The van der Waals surface area contributed by atoms with Gasteiger partial charge in [0, 0.05) is 30.8 Å². The SMILES string of the molecule is C=CCn1c(CCNC(=O)c2ccc(OC)cc2)nnc1SCC(=O)Nc1cccc(C(=O)OCC)c1. The largest absolute Gasteiger partial charge is 0.497 e. The van der Waals surface area contributed by atoms with Crippen LogP contribution in [0.4, 0.5) is 5.69 Å². The van der Waals surface area contributed by atoms with Crippen molar-refractivity contribution in [1.82, 2.24) is 20.1 Å². The topological polar surface area (TPSA) is 124 Å². The molecule has 0 bridgehead atoms. The summed E-state index contributed by atoms with van der Waals surface area (Å²) >= 11 is 1.23. The fourth-order valence-corrected chi connectivity index (χ4v) is 4.09. The summed E-state index contributed by atoms with van der Waals surface area (Å²) in [6.45, 7) is 6.61. The van der Waals surface area contributed by atoms with Crippen molar-refractivity contribution in [3.8, 4) is 5.75 Å². The zero-order valence-corrected chi connectivity index (χ0v) is 21.5. The normalized spacial score (nSPS) is 10.4. The number of benzene rings is 2. The molecule has 1 heterocycles. The van der Waals surface area contributed by atoms with E-state index in [1.165, 1.54) is 11.8 Å². The number of esters is 1. The van der Waals surface area contributed by atoms with Crippen molar-refractivity contribution in [3.63, 3.8) is 0 Å². The van der Waals surface area contributed by atoms with Crippen LogP contribution in [-0.4, -0.2) is 58.6 Å². The maximum absolute atomic E-state index is 12.5. The Labute approximate surface area is 219 Å². The van der Waals surface area contributed by atoms with Crippen LogP contribution in [0.15, 0.2) is 66.3 Å². The van der Waals surface area contributed by atoms with Gasteiger partial charge in [0.2, 0.25) is 5.91 Å². The number of amides is 2. The van der Waals surface area contributed by atoms with Crippen molar-refractivity contribution in [1.29, 1.82) is 0 Å². The number of hydrogen-bond acceptors (Lipinski definition) is 8. The molecule has 0 fully saturated rings. The average molecular weight is 524 g/mol. The van der Waals surface area contributed by atoms with Crippen molar-refractivity contribution >= 4 is 35.2 Å². The molecule has 37 heavy (non-hydrogen) atoms. The molecule has 0 saturated heterocycles. The van der Waals surface area contributed by atoms with Gasteiger partial charge < -0.3 is 24.7 Å². The number of nitrogens with zero attached hydrogens (tertiary/aromatic N) is 3. The molecule has 0 aliphatic rings. The van der Waals surface area contributed by atoms with Crippen molar-refractivity contribution in [3.05, 3.63) is 78.1 Å². The molecule has 0 aliphatic heterocycles. The summed E-state index contributed by atoms with van der Waals surface area (Å²) in [7, 11) is 1.57. The van der Waals surface area contributed by atoms with Gasteiger partial charge in [0.25, 0.3) is 5.91 Å². The lowest BCUT2D eigenvalue weighted by Crippen LogP contribution is -2.26. The van der Waals surface area contributed by atoms with E-state index in [0.29, 0.717) is 53.1 Å². The van der Waals surface area contributed by atoms with Gasteiger partial charge in [-0.05, 0) is 49.4 Å². The Hall–Kier alpha value is -4.12. The third kappa shape index (κ3) is 7.94. The minimum atomic E-state index is -0.446. The van der Waals surface area contributed by atoms with E-state index >= 15 is 0 Å². The van der Waals surface area contributed by atoms with Crippen molar-refractivity contribution in [2.24, 2.45) is 0 Å². The van der Waals surface area contributed by atoms with Crippen LogP contribution in [0, 0.1) is 0 Å². The van der Waals surface area contributed by atoms with Gasteiger partial charge in [-0.15, -0.1) is 16.8 Å². The number of allylic oxidation sites excluding steroid dienone is 1. The number of thioether (sulfide) groups is 1. The van der Waals surface area contributed by atoms with Crippen molar-refractivity contribution in [2.75, 3.05) is 31.3 Å². The Kier molecular flexibility index (Phi) is 10.3. The molecule has 2 amide bonds. The fourth-order valence-electron chi connectivity index (χ4n) is 3.32. The summed E-state index contributed by atoms with van der Waals surface area (Å²) < 4.78 is 12.0. The van der Waals surface area contributed by atoms with Crippen LogP contribution in [-0.2, 0) is 22.5 Å². The lowest BCUT2D eigenvalue weighted by atomic mass is 10.2. The molecule has 0 radical (unpaired) electrons. The van der Waals surface area contributed by atoms with Crippen LogP contribution in [0.1, 0.15) is 33.5 Å². The fraction of sp³-hybridized carbons (Fsp3) is 0.269. The van der Waals surface area contributed by atoms with Gasteiger partial charge in [0.05, 0.1) is 25.0 Å². The number of nitrogens with one attached hydrogen (secondary N) is 2. The molecular formula is C26H29N5O5S. The molecule has 0 saturated carbocycles. The molecule has 1 aromatic heterocycles. The van der Waals surface area contributed by atoms with E-state index < -0.39 is 5.97 Å². The van der Waals surface area contributed by atoms with Gasteiger partial charge in [0.1, 0.15) is 11.6 Å². The van der Waals surface area contributed by atoms with Gasteiger partial charge in [-0.1, -0.05) is 23.9 Å². The van der Waals surface area contributed by atoms with E-state index in [1.54, 1.807) is 68.6 Å². The molecular weight excluding hydrogens is 494 g/mol. The van der Waals surface area contributed by atoms with Crippen molar-refractivity contribution < 1.29 is 23.9 Å². The molecule has 0 spiro atoms. The van der Waals surface area contributed by atoms with Crippen LogP contribution >= 0.6 is 11.8 Å². The third-order valence-electron chi connectivity index (χ3n) is 5.08. The van der Waals surface area contributed by atoms with Gasteiger partial charge in [0.15, 0.2) is 5.16 Å². The van der Waals surface area contributed by atoms with Crippen LogP contribution in [0.25, 0.3) is 0 Å². The van der Waals surface area contributed by atoms with Crippen LogP contribution in [0.3, 0.4) is 0 Å². The minimum absolute atomic E-state index is 0.0904. The smallest absolute Gasteiger partial charge is 0.338 e. The highest BCUT2D eigenvalue weighted by Gasteiger charge is 2.15. The monoisotopic (exact) mass is 523 g/mol. The Morgan fingerprint density at radius 2 is 1.89 bits per heavy atom. The second-order valence-electron chi connectivity index (χ2n) is 7.67. The second-order valence-corrected chi connectivity index (χ2v) is 8.61. The number of rotatable bonds is 13. The summed E-state index contributed by atoms with van der Waals surface area (Å²) in [5, 5.41) is 14.6. The van der Waals surface area contributed by atoms with E-state index in [1.807, 2.05) is 4.57 Å². The predicted molar refractivity (Wildman–Crippen MR) is 141 cm³/mol. The zero-order chi connectivity index (χ0) is 26.6. The summed E-state index contributed by atoms with van der Waals surface area (Å²) in [6.07, 6.45) is 2.17. The minimum Gasteiger partial charge on any atom is -0.497 e. The Morgan fingerprint density at radius 3 is 2.59 bits per heavy atom. The quantitative estimate of drug-likeness (QED) is 0.199. The molecule has 0 aliphatic carbocycles. The highest BCUT2D eigenvalue weighted by Crippen LogP contribution is 2.19. The number of ether oxygens (including phenoxy) is 2. The first kappa shape index (κ1) is 27.5. The zero-order valence-electron chi connectivity index (χ0n) is 20.7. The molecule has 2 N–H and O–H groups in total. The van der Waals surface area contributed by atoms with Gasteiger partial charge in [-0.3, -0.25) is 9.59 Å². The predicted octanol–water partition coefficient (Wildman–Crippen LogP) is 3.35. The Morgan fingerprint density at radius 1 is 1.11 bits per heavy atom. The first-order valence-electron chi connectivity index (χ1n) is 11.6. The highest BCUT2D eigenvalue weighted by molar-refractivity contribution is 7.99. The maximum Gasteiger partial charge on any atom is 0.338 e. The first-order chi connectivity index (χ1) is 17.9. The highest BCUT2D eigenvalue weighted by atomic mass is 32.2. The molecule has 3 rings (SSSR count). The van der Waals surface area contributed by atoms with E-state index in [2.05, 4.69) is 27.4 Å². The average Bonchev–Trinajstić information content (AvgIpc) is 3.29. The lowest BCUT2D eigenvalue weighted by Gasteiger charge is -2.09. The van der Waals surface area contributed by atoms with Crippen LogP contribution in [0.5, 0.6) is 5.75 Å². The lowest BCUT2D eigenvalue weighted by molar-refractivity contribution is -0.113. The Balaban J connectivity index is 1.54. The number of carbonyl (C=O) groups is 3. The third-order valence-corrected chi connectivity index (χ3v) is 6.05. The van der Waals surface area contributed by atoms with E-state index in [-0.39, 0.29) is 24.2 Å². The second kappa shape index (κ2) is 13.8.